The molecule has 2 saturated heterocycles. The third kappa shape index (κ3) is 10.1. The highest BCUT2D eigenvalue weighted by molar-refractivity contribution is 4.79. The molecule has 0 N–H and O–H groups in total. The van der Waals surface area contributed by atoms with Crippen LogP contribution in [0, 0.1) is 28.1 Å². The molecule has 0 amide bonds. The molecule has 2 unspecified atom stereocenters. The second-order valence-corrected chi connectivity index (χ2v) is 12.5. The Balaban J connectivity index is 0.000000210. The maximum atomic E-state index is 5.52. The van der Waals surface area contributed by atoms with Crippen LogP contribution in [0.1, 0.15) is 114 Å². The third-order valence-electron chi connectivity index (χ3n) is 6.86. The molecule has 2 aliphatic heterocycles. The van der Waals surface area contributed by atoms with Crippen LogP contribution in [0.2, 0.25) is 0 Å². The first-order valence-electron chi connectivity index (χ1n) is 12.0. The Morgan fingerprint density at radius 1 is 0.536 bits per heavy atom. The summed E-state index contributed by atoms with van der Waals surface area (Å²) in [6.45, 7) is 23.6. The summed E-state index contributed by atoms with van der Waals surface area (Å²) in [5, 5.41) is 0. The summed E-state index contributed by atoms with van der Waals surface area (Å²) in [7, 11) is 0. The highest BCUT2D eigenvalue weighted by atomic mass is 16.5. The zero-order valence-corrected chi connectivity index (χ0v) is 20.8. The highest BCUT2D eigenvalue weighted by Crippen LogP contribution is 2.38. The topological polar surface area (TPSA) is 18.5 Å². The fraction of sp³-hybridized carbons (Fsp3) is 1.00. The van der Waals surface area contributed by atoms with Gasteiger partial charge in [0.1, 0.15) is 0 Å². The van der Waals surface area contributed by atoms with E-state index in [0.717, 1.165) is 31.7 Å². The van der Waals surface area contributed by atoms with Gasteiger partial charge in [0.15, 0.2) is 0 Å². The minimum Gasteiger partial charge on any atom is -0.381 e. The van der Waals surface area contributed by atoms with Gasteiger partial charge < -0.3 is 9.47 Å². The van der Waals surface area contributed by atoms with Crippen molar-refractivity contribution in [3.8, 4) is 0 Å². The molecular formula is C26H52O2. The van der Waals surface area contributed by atoms with Crippen molar-refractivity contribution in [1.29, 1.82) is 0 Å². The zero-order valence-electron chi connectivity index (χ0n) is 20.8. The molecule has 2 atom stereocenters. The Labute approximate surface area is 177 Å². The number of hydrogen-bond acceptors (Lipinski definition) is 2. The number of hydrogen-bond donors (Lipinski definition) is 0. The first-order valence-corrected chi connectivity index (χ1v) is 12.0. The fourth-order valence-corrected chi connectivity index (χ4v) is 4.48. The molecular weight excluding hydrogens is 344 g/mol. The number of rotatable bonds is 0. The van der Waals surface area contributed by atoms with Crippen LogP contribution in [0.4, 0.5) is 0 Å². The van der Waals surface area contributed by atoms with Gasteiger partial charge in [-0.15, -0.1) is 0 Å². The van der Waals surface area contributed by atoms with E-state index in [0.29, 0.717) is 22.3 Å². The molecule has 28 heavy (non-hydrogen) atoms. The molecule has 168 valence electrons. The summed E-state index contributed by atoms with van der Waals surface area (Å²) in [5.74, 6) is 1.79. The van der Waals surface area contributed by atoms with E-state index in [1.165, 1.54) is 51.4 Å². The summed E-state index contributed by atoms with van der Waals surface area (Å²) in [6, 6.07) is 0. The van der Waals surface area contributed by atoms with Gasteiger partial charge in [-0.3, -0.25) is 0 Å². The van der Waals surface area contributed by atoms with Crippen molar-refractivity contribution in [2.24, 2.45) is 28.1 Å². The summed E-state index contributed by atoms with van der Waals surface area (Å²) in [6.07, 6.45) is 11.5. The van der Waals surface area contributed by atoms with Crippen LogP contribution >= 0.6 is 0 Å². The second-order valence-electron chi connectivity index (χ2n) is 12.5. The minimum absolute atomic E-state index is 0.358. The molecule has 3 rings (SSSR count). The molecule has 0 spiro atoms. The van der Waals surface area contributed by atoms with E-state index < -0.39 is 0 Å². The van der Waals surface area contributed by atoms with E-state index in [2.05, 4.69) is 62.3 Å². The summed E-state index contributed by atoms with van der Waals surface area (Å²) in [4.78, 5) is 0. The molecule has 3 fully saturated rings. The predicted molar refractivity (Wildman–Crippen MR) is 123 cm³/mol. The lowest BCUT2D eigenvalue weighted by molar-refractivity contribution is 0.0103. The molecule has 0 aromatic heterocycles. The van der Waals surface area contributed by atoms with Crippen molar-refractivity contribution in [3.05, 3.63) is 0 Å². The number of ether oxygens (including phenoxy) is 2. The van der Waals surface area contributed by atoms with Gasteiger partial charge in [-0.05, 0) is 66.6 Å². The molecule has 3 aliphatic rings. The van der Waals surface area contributed by atoms with E-state index in [4.69, 9.17) is 9.47 Å². The first-order chi connectivity index (χ1) is 12.8. The van der Waals surface area contributed by atoms with Gasteiger partial charge in [-0.1, -0.05) is 75.2 Å². The van der Waals surface area contributed by atoms with Crippen molar-refractivity contribution in [2.45, 2.75) is 120 Å². The van der Waals surface area contributed by atoms with E-state index >= 15 is 0 Å². The Hall–Kier alpha value is -0.0800. The van der Waals surface area contributed by atoms with Gasteiger partial charge in [0, 0.05) is 19.8 Å². The smallest absolute Gasteiger partial charge is 0.0624 e. The Bertz CT molecular complexity index is 364. The van der Waals surface area contributed by atoms with Crippen molar-refractivity contribution in [2.75, 3.05) is 19.8 Å². The van der Waals surface area contributed by atoms with E-state index in [9.17, 15) is 0 Å². The molecule has 0 aromatic rings. The molecule has 1 saturated carbocycles. The average molecular weight is 397 g/mol. The maximum absolute atomic E-state index is 5.52. The van der Waals surface area contributed by atoms with Crippen LogP contribution in [-0.4, -0.2) is 25.9 Å². The molecule has 0 radical (unpaired) electrons. The van der Waals surface area contributed by atoms with Crippen molar-refractivity contribution >= 4 is 0 Å². The Morgan fingerprint density at radius 2 is 1.04 bits per heavy atom. The fourth-order valence-electron chi connectivity index (χ4n) is 4.48. The Morgan fingerprint density at radius 3 is 1.29 bits per heavy atom. The second kappa shape index (κ2) is 11.3. The van der Waals surface area contributed by atoms with Crippen LogP contribution in [0.5, 0.6) is 0 Å². The highest BCUT2D eigenvalue weighted by Gasteiger charge is 2.28. The maximum Gasteiger partial charge on any atom is 0.0624 e. The average Bonchev–Trinajstić information content (AvgIpc) is 3.29. The van der Waals surface area contributed by atoms with Crippen LogP contribution in [0.25, 0.3) is 0 Å². The quantitative estimate of drug-likeness (QED) is 0.414. The molecule has 0 bridgehead atoms. The SMILES string of the molecule is CC(C)(C)C1CCCC1.CC(C)(C)C1CCCO1.CC(C)(C)C1CCCOC1. The van der Waals surface area contributed by atoms with Crippen LogP contribution in [0.15, 0.2) is 0 Å². The van der Waals surface area contributed by atoms with E-state index in [1.807, 2.05) is 0 Å². The van der Waals surface area contributed by atoms with Crippen molar-refractivity contribution in [3.63, 3.8) is 0 Å². The monoisotopic (exact) mass is 396 g/mol. The first kappa shape index (κ1) is 26.0. The molecule has 0 aromatic carbocycles. The lowest BCUT2D eigenvalue weighted by Gasteiger charge is -2.33. The lowest BCUT2D eigenvalue weighted by atomic mass is 9.78. The van der Waals surface area contributed by atoms with Gasteiger partial charge in [-0.2, -0.15) is 0 Å². The van der Waals surface area contributed by atoms with Crippen molar-refractivity contribution in [1.82, 2.24) is 0 Å². The summed E-state index contributed by atoms with van der Waals surface area (Å²) < 4.78 is 10.9. The summed E-state index contributed by atoms with van der Waals surface area (Å²) >= 11 is 0. The largest absolute Gasteiger partial charge is 0.381 e. The molecule has 2 heterocycles. The molecule has 2 nitrogen and oxygen atoms in total. The minimum atomic E-state index is 0.358. The third-order valence-corrected chi connectivity index (χ3v) is 6.86. The van der Waals surface area contributed by atoms with Crippen LogP contribution < -0.4 is 0 Å². The molecule has 2 heteroatoms. The predicted octanol–water partition coefficient (Wildman–Crippen LogP) is 7.89. The molecule has 1 aliphatic carbocycles. The Kier molecular flexibility index (Phi) is 10.5. The standard InChI is InChI=1S/C9H18O.C9H18.C8H16O/c1-9(2,3)8-5-4-6-10-7-8;1-9(2,3)8-6-4-5-7-8;1-8(2,3)7-5-4-6-9-7/h8H,4-7H2,1-3H3;8H,4-7H2,1-3H3;7H,4-6H2,1-3H3. The summed E-state index contributed by atoms with van der Waals surface area (Å²) in [5.41, 5.74) is 1.38. The van der Waals surface area contributed by atoms with Crippen LogP contribution in [0.3, 0.4) is 0 Å². The zero-order chi connectivity index (χ0) is 21.4. The van der Waals surface area contributed by atoms with Gasteiger partial charge in [0.2, 0.25) is 0 Å². The van der Waals surface area contributed by atoms with Gasteiger partial charge >= 0.3 is 0 Å². The van der Waals surface area contributed by atoms with Crippen molar-refractivity contribution < 1.29 is 9.47 Å². The van der Waals surface area contributed by atoms with E-state index in [-0.39, 0.29) is 0 Å². The normalized spacial score (nSPS) is 26.9. The van der Waals surface area contributed by atoms with E-state index in [1.54, 1.807) is 0 Å². The van der Waals surface area contributed by atoms with Crippen LogP contribution in [-0.2, 0) is 9.47 Å². The van der Waals surface area contributed by atoms with Gasteiger partial charge in [0.25, 0.3) is 0 Å². The van der Waals surface area contributed by atoms with Gasteiger partial charge in [0.05, 0.1) is 6.10 Å². The van der Waals surface area contributed by atoms with Gasteiger partial charge in [-0.25, -0.2) is 0 Å². The lowest BCUT2D eigenvalue weighted by Crippen LogP contribution is -2.29.